The second kappa shape index (κ2) is 6.82. The Morgan fingerprint density at radius 1 is 1.30 bits per heavy atom. The third-order valence-electron chi connectivity index (χ3n) is 2.88. The SMILES string of the molecule is Cc1cc(C)n(-c2cccc(NC(=O)COCC(F)(F)F)c2)n1. The number of hydrogen-bond acceptors (Lipinski definition) is 3. The summed E-state index contributed by atoms with van der Waals surface area (Å²) in [6.45, 7) is 1.65. The lowest BCUT2D eigenvalue weighted by Gasteiger charge is -2.10. The molecule has 0 saturated heterocycles. The standard InChI is InChI=1S/C15H16F3N3O2/c1-10-6-11(2)21(20-10)13-5-3-4-12(7-13)19-14(22)8-23-9-15(16,17)18/h3-7H,8-9H2,1-2H3,(H,19,22). The van der Waals surface area contributed by atoms with E-state index in [0.29, 0.717) is 5.69 Å². The highest BCUT2D eigenvalue weighted by Gasteiger charge is 2.27. The first kappa shape index (κ1) is 17.0. The lowest BCUT2D eigenvalue weighted by molar-refractivity contribution is -0.174. The number of anilines is 1. The summed E-state index contributed by atoms with van der Waals surface area (Å²) >= 11 is 0. The average Bonchev–Trinajstić information content (AvgIpc) is 2.76. The van der Waals surface area contributed by atoms with Crippen molar-refractivity contribution in [3.8, 4) is 5.69 Å². The molecule has 1 heterocycles. The summed E-state index contributed by atoms with van der Waals surface area (Å²) < 4.78 is 41.9. The van der Waals surface area contributed by atoms with E-state index in [1.165, 1.54) is 0 Å². The van der Waals surface area contributed by atoms with Crippen molar-refractivity contribution in [1.29, 1.82) is 0 Å². The highest BCUT2D eigenvalue weighted by Crippen LogP contribution is 2.17. The third kappa shape index (κ3) is 5.10. The van der Waals surface area contributed by atoms with Crippen LogP contribution in [0.5, 0.6) is 0 Å². The summed E-state index contributed by atoms with van der Waals surface area (Å²) in [5.41, 5.74) is 2.98. The van der Waals surface area contributed by atoms with Gasteiger partial charge in [-0.1, -0.05) is 6.07 Å². The Morgan fingerprint density at radius 3 is 2.65 bits per heavy atom. The molecule has 0 radical (unpaired) electrons. The predicted molar refractivity (Wildman–Crippen MR) is 78.5 cm³/mol. The molecule has 1 aromatic heterocycles. The van der Waals surface area contributed by atoms with Crippen molar-refractivity contribution in [2.75, 3.05) is 18.5 Å². The van der Waals surface area contributed by atoms with Crippen molar-refractivity contribution in [2.45, 2.75) is 20.0 Å². The number of halogens is 3. The van der Waals surface area contributed by atoms with Crippen LogP contribution in [0.25, 0.3) is 5.69 Å². The van der Waals surface area contributed by atoms with Gasteiger partial charge in [-0.2, -0.15) is 18.3 Å². The number of alkyl halides is 3. The van der Waals surface area contributed by atoms with Crippen LogP contribution >= 0.6 is 0 Å². The van der Waals surface area contributed by atoms with Crippen LogP contribution in [-0.4, -0.2) is 35.1 Å². The van der Waals surface area contributed by atoms with E-state index in [4.69, 9.17) is 0 Å². The maximum Gasteiger partial charge on any atom is 0.411 e. The van der Waals surface area contributed by atoms with E-state index in [0.717, 1.165) is 17.1 Å². The first-order valence-electron chi connectivity index (χ1n) is 6.83. The number of nitrogens with one attached hydrogen (secondary N) is 1. The summed E-state index contributed by atoms with van der Waals surface area (Å²) in [7, 11) is 0. The third-order valence-corrected chi connectivity index (χ3v) is 2.88. The van der Waals surface area contributed by atoms with Gasteiger partial charge in [-0.05, 0) is 38.1 Å². The van der Waals surface area contributed by atoms with Crippen molar-refractivity contribution < 1.29 is 22.7 Å². The Labute approximate surface area is 131 Å². The number of carbonyl (C=O) groups excluding carboxylic acids is 1. The zero-order chi connectivity index (χ0) is 17.0. The van der Waals surface area contributed by atoms with Crippen molar-refractivity contribution in [3.63, 3.8) is 0 Å². The Balaban J connectivity index is 2.00. The molecule has 5 nitrogen and oxygen atoms in total. The number of rotatable bonds is 5. The van der Waals surface area contributed by atoms with Crippen LogP contribution in [0.15, 0.2) is 30.3 Å². The van der Waals surface area contributed by atoms with Crippen LogP contribution in [-0.2, 0) is 9.53 Å². The molecule has 1 aromatic carbocycles. The van der Waals surface area contributed by atoms with E-state index < -0.39 is 25.3 Å². The normalized spacial score (nSPS) is 11.5. The molecule has 23 heavy (non-hydrogen) atoms. The van der Waals surface area contributed by atoms with E-state index in [1.807, 2.05) is 26.0 Å². The van der Waals surface area contributed by atoms with Gasteiger partial charge in [-0.3, -0.25) is 4.79 Å². The molecule has 2 aromatic rings. The second-order valence-electron chi connectivity index (χ2n) is 5.05. The fourth-order valence-electron chi connectivity index (χ4n) is 2.06. The van der Waals surface area contributed by atoms with Crippen molar-refractivity contribution in [3.05, 3.63) is 41.7 Å². The Morgan fingerprint density at radius 2 is 2.04 bits per heavy atom. The molecular weight excluding hydrogens is 311 g/mol. The Bertz CT molecular complexity index is 696. The first-order chi connectivity index (χ1) is 10.7. The van der Waals surface area contributed by atoms with Gasteiger partial charge in [0.1, 0.15) is 13.2 Å². The first-order valence-corrected chi connectivity index (χ1v) is 6.83. The summed E-state index contributed by atoms with van der Waals surface area (Å²) in [6, 6.07) is 8.77. The molecule has 1 N–H and O–H groups in total. The quantitative estimate of drug-likeness (QED) is 0.918. The number of carbonyl (C=O) groups is 1. The molecule has 0 saturated carbocycles. The number of aryl methyl sites for hydroxylation is 2. The molecule has 0 aliphatic heterocycles. The molecular formula is C15H16F3N3O2. The summed E-state index contributed by atoms with van der Waals surface area (Å²) in [4.78, 5) is 11.6. The van der Waals surface area contributed by atoms with Crippen molar-refractivity contribution >= 4 is 11.6 Å². The van der Waals surface area contributed by atoms with Gasteiger partial charge < -0.3 is 10.1 Å². The van der Waals surface area contributed by atoms with Crippen LogP contribution in [0.4, 0.5) is 18.9 Å². The van der Waals surface area contributed by atoms with Crippen LogP contribution < -0.4 is 5.32 Å². The number of aromatic nitrogens is 2. The van der Waals surface area contributed by atoms with E-state index in [9.17, 15) is 18.0 Å². The van der Waals surface area contributed by atoms with E-state index in [1.54, 1.807) is 22.9 Å². The van der Waals surface area contributed by atoms with E-state index in [2.05, 4.69) is 15.2 Å². The highest BCUT2D eigenvalue weighted by atomic mass is 19.4. The van der Waals surface area contributed by atoms with Gasteiger partial charge in [0.2, 0.25) is 5.91 Å². The minimum atomic E-state index is -4.45. The molecule has 0 aliphatic rings. The van der Waals surface area contributed by atoms with Crippen LogP contribution in [0, 0.1) is 13.8 Å². The maximum absolute atomic E-state index is 11.9. The van der Waals surface area contributed by atoms with Gasteiger partial charge in [0.25, 0.3) is 0 Å². The summed E-state index contributed by atoms with van der Waals surface area (Å²) in [5.74, 6) is -0.653. The monoisotopic (exact) mass is 327 g/mol. The lowest BCUT2D eigenvalue weighted by Crippen LogP contribution is -2.24. The fourth-order valence-corrected chi connectivity index (χ4v) is 2.06. The predicted octanol–water partition coefficient (Wildman–Crippen LogP) is 3.01. The number of benzene rings is 1. The second-order valence-corrected chi connectivity index (χ2v) is 5.05. The minimum absolute atomic E-state index is 0.454. The molecule has 0 atom stereocenters. The van der Waals surface area contributed by atoms with Crippen molar-refractivity contribution in [1.82, 2.24) is 9.78 Å². The molecule has 124 valence electrons. The molecule has 1 amide bonds. The molecule has 0 unspecified atom stereocenters. The van der Waals surface area contributed by atoms with Gasteiger partial charge in [-0.25, -0.2) is 4.68 Å². The van der Waals surface area contributed by atoms with Crippen LogP contribution in [0.2, 0.25) is 0 Å². The molecule has 2 rings (SSSR count). The molecule has 0 fully saturated rings. The van der Waals surface area contributed by atoms with E-state index >= 15 is 0 Å². The van der Waals surface area contributed by atoms with Crippen molar-refractivity contribution in [2.24, 2.45) is 0 Å². The summed E-state index contributed by atoms with van der Waals surface area (Å²) in [6.07, 6.45) is -4.45. The highest BCUT2D eigenvalue weighted by molar-refractivity contribution is 5.91. The number of ether oxygens (including phenoxy) is 1. The van der Waals surface area contributed by atoms with Crippen LogP contribution in [0.3, 0.4) is 0 Å². The average molecular weight is 327 g/mol. The number of hydrogen-bond donors (Lipinski definition) is 1. The Kier molecular flexibility index (Phi) is 5.05. The fraction of sp³-hybridized carbons (Fsp3) is 0.333. The lowest BCUT2D eigenvalue weighted by atomic mass is 10.2. The molecule has 0 spiro atoms. The molecule has 0 bridgehead atoms. The summed E-state index contributed by atoms with van der Waals surface area (Å²) in [5, 5.41) is 6.82. The zero-order valence-corrected chi connectivity index (χ0v) is 12.6. The Hall–Kier alpha value is -2.35. The van der Waals surface area contributed by atoms with Gasteiger partial charge in [0, 0.05) is 11.4 Å². The molecule has 8 heteroatoms. The van der Waals surface area contributed by atoms with Gasteiger partial charge in [-0.15, -0.1) is 0 Å². The largest absolute Gasteiger partial charge is 0.411 e. The number of nitrogens with zero attached hydrogens (tertiary/aromatic N) is 2. The van der Waals surface area contributed by atoms with Gasteiger partial charge >= 0.3 is 6.18 Å². The smallest absolute Gasteiger partial charge is 0.362 e. The van der Waals surface area contributed by atoms with E-state index in [-0.39, 0.29) is 0 Å². The zero-order valence-electron chi connectivity index (χ0n) is 12.6. The maximum atomic E-state index is 11.9. The molecule has 0 aliphatic carbocycles. The van der Waals surface area contributed by atoms with Crippen LogP contribution in [0.1, 0.15) is 11.4 Å². The minimum Gasteiger partial charge on any atom is -0.362 e. The topological polar surface area (TPSA) is 56.2 Å². The number of amides is 1. The van der Waals surface area contributed by atoms with Gasteiger partial charge in [0.05, 0.1) is 11.4 Å². The van der Waals surface area contributed by atoms with Gasteiger partial charge in [0.15, 0.2) is 0 Å².